The van der Waals surface area contributed by atoms with Crippen molar-refractivity contribution in [2.45, 2.75) is 0 Å². The number of amides is 2. The lowest BCUT2D eigenvalue weighted by Crippen LogP contribution is -2.16. The molecule has 0 aliphatic carbocycles. The summed E-state index contributed by atoms with van der Waals surface area (Å²) in [4.78, 5) is 22.0. The minimum Gasteiger partial charge on any atom is -0.356 e. The van der Waals surface area contributed by atoms with Crippen LogP contribution in [-0.2, 0) is 9.59 Å². The number of carbonyl (C=O) groups excluding carboxylic acids is 2. The van der Waals surface area contributed by atoms with Gasteiger partial charge in [-0.15, -0.1) is 0 Å². The van der Waals surface area contributed by atoms with Crippen molar-refractivity contribution in [1.29, 1.82) is 0 Å². The van der Waals surface area contributed by atoms with Gasteiger partial charge in [0.1, 0.15) is 0 Å². The molecule has 0 aliphatic rings. The zero-order valence-corrected chi connectivity index (χ0v) is 8.36. The van der Waals surface area contributed by atoms with Crippen LogP contribution in [0.1, 0.15) is 0 Å². The molecule has 0 heterocycles. The summed E-state index contributed by atoms with van der Waals surface area (Å²) in [7, 11) is 1.50. The molecular formula is C11H12N2O2. The number of nitrogens with one attached hydrogen (secondary N) is 2. The maximum Gasteiger partial charge on any atom is 0.248 e. The minimum absolute atomic E-state index is 0.307. The summed E-state index contributed by atoms with van der Waals surface area (Å²) in [5.74, 6) is -0.636. The number of carbonyl (C=O) groups is 2. The third kappa shape index (κ3) is 4.08. The zero-order chi connectivity index (χ0) is 11.1. The van der Waals surface area contributed by atoms with Crippen LogP contribution < -0.4 is 10.6 Å². The van der Waals surface area contributed by atoms with Gasteiger partial charge in [-0.2, -0.15) is 0 Å². The second-order valence-corrected chi connectivity index (χ2v) is 2.80. The van der Waals surface area contributed by atoms with Crippen LogP contribution in [-0.4, -0.2) is 18.9 Å². The summed E-state index contributed by atoms with van der Waals surface area (Å²) in [6, 6.07) is 9.03. The average molecular weight is 204 g/mol. The molecule has 0 bridgehead atoms. The highest BCUT2D eigenvalue weighted by atomic mass is 16.2. The molecule has 1 rings (SSSR count). The summed E-state index contributed by atoms with van der Waals surface area (Å²) in [5.41, 5.74) is 0.698. The monoisotopic (exact) mass is 204 g/mol. The molecule has 0 fully saturated rings. The van der Waals surface area contributed by atoms with E-state index < -0.39 is 0 Å². The van der Waals surface area contributed by atoms with Crippen molar-refractivity contribution in [2.24, 2.45) is 0 Å². The van der Waals surface area contributed by atoms with Crippen LogP contribution in [0.2, 0.25) is 0 Å². The molecule has 2 amide bonds. The van der Waals surface area contributed by atoms with Gasteiger partial charge in [0, 0.05) is 24.9 Å². The van der Waals surface area contributed by atoms with Crippen molar-refractivity contribution in [2.75, 3.05) is 12.4 Å². The summed E-state index contributed by atoms with van der Waals surface area (Å²) < 4.78 is 0. The van der Waals surface area contributed by atoms with Gasteiger partial charge in [-0.05, 0) is 12.1 Å². The van der Waals surface area contributed by atoms with Crippen LogP contribution >= 0.6 is 0 Å². The smallest absolute Gasteiger partial charge is 0.248 e. The number of likely N-dealkylation sites (N-methyl/N-ethyl adjacent to an activating group) is 1. The third-order valence-corrected chi connectivity index (χ3v) is 1.67. The number of para-hydroxylation sites is 1. The fourth-order valence-electron chi connectivity index (χ4n) is 0.940. The fraction of sp³-hybridized carbons (Fsp3) is 0.0909. The molecule has 4 nitrogen and oxygen atoms in total. The predicted molar refractivity (Wildman–Crippen MR) is 58.3 cm³/mol. The van der Waals surface area contributed by atoms with E-state index in [1.165, 1.54) is 19.2 Å². The van der Waals surface area contributed by atoms with Crippen LogP contribution in [0.4, 0.5) is 5.69 Å². The molecule has 15 heavy (non-hydrogen) atoms. The molecule has 0 spiro atoms. The maximum absolute atomic E-state index is 11.3. The third-order valence-electron chi connectivity index (χ3n) is 1.67. The van der Waals surface area contributed by atoms with Crippen molar-refractivity contribution in [1.82, 2.24) is 5.32 Å². The highest BCUT2D eigenvalue weighted by Crippen LogP contribution is 2.04. The van der Waals surface area contributed by atoms with E-state index in [4.69, 9.17) is 0 Å². The van der Waals surface area contributed by atoms with E-state index in [2.05, 4.69) is 10.6 Å². The molecule has 2 N–H and O–H groups in total. The van der Waals surface area contributed by atoms with E-state index in [9.17, 15) is 9.59 Å². The number of rotatable bonds is 3. The van der Waals surface area contributed by atoms with Gasteiger partial charge < -0.3 is 10.6 Å². The average Bonchev–Trinajstić information content (AvgIpc) is 2.27. The molecule has 0 atom stereocenters. The molecule has 0 saturated heterocycles. The molecule has 0 unspecified atom stereocenters. The Morgan fingerprint density at radius 1 is 1.07 bits per heavy atom. The van der Waals surface area contributed by atoms with E-state index in [-0.39, 0.29) is 11.8 Å². The second kappa shape index (κ2) is 5.59. The number of anilines is 1. The van der Waals surface area contributed by atoms with Crippen LogP contribution in [0.15, 0.2) is 42.5 Å². The van der Waals surface area contributed by atoms with Gasteiger partial charge in [-0.1, -0.05) is 18.2 Å². The van der Waals surface area contributed by atoms with E-state index in [0.717, 1.165) is 0 Å². The molecule has 4 heteroatoms. The first-order chi connectivity index (χ1) is 7.22. The molecule has 78 valence electrons. The minimum atomic E-state index is -0.329. The summed E-state index contributed by atoms with van der Waals surface area (Å²) in [6.45, 7) is 0. The molecule has 0 aliphatic heterocycles. The van der Waals surface area contributed by atoms with Gasteiger partial charge in [0.2, 0.25) is 11.8 Å². The van der Waals surface area contributed by atoms with E-state index >= 15 is 0 Å². The van der Waals surface area contributed by atoms with Crippen LogP contribution in [0, 0.1) is 0 Å². The van der Waals surface area contributed by atoms with Gasteiger partial charge in [-0.25, -0.2) is 0 Å². The molecular weight excluding hydrogens is 192 g/mol. The largest absolute Gasteiger partial charge is 0.356 e. The van der Waals surface area contributed by atoms with Crippen molar-refractivity contribution in [3.8, 4) is 0 Å². The Balaban J connectivity index is 2.50. The molecule has 0 saturated carbocycles. The van der Waals surface area contributed by atoms with Crippen molar-refractivity contribution < 1.29 is 9.59 Å². The van der Waals surface area contributed by atoms with Gasteiger partial charge in [0.25, 0.3) is 0 Å². The maximum atomic E-state index is 11.3. The van der Waals surface area contributed by atoms with Crippen LogP contribution in [0.3, 0.4) is 0 Å². The summed E-state index contributed by atoms with van der Waals surface area (Å²) in [6.07, 6.45) is 2.37. The Bertz CT molecular complexity index is 371. The summed E-state index contributed by atoms with van der Waals surface area (Å²) >= 11 is 0. The molecule has 1 aromatic rings. The Morgan fingerprint density at radius 2 is 1.67 bits per heavy atom. The first kappa shape index (κ1) is 11.0. The van der Waals surface area contributed by atoms with Gasteiger partial charge in [0.15, 0.2) is 0 Å². The van der Waals surface area contributed by atoms with E-state index in [0.29, 0.717) is 5.69 Å². The highest BCUT2D eigenvalue weighted by Gasteiger charge is 1.97. The highest BCUT2D eigenvalue weighted by molar-refractivity contribution is 6.03. The standard InChI is InChI=1S/C11H12N2O2/c1-12-10(14)7-8-11(15)13-9-5-3-2-4-6-9/h2-8H,1H3,(H,12,14)(H,13,15)/b8-7-. The first-order valence-electron chi connectivity index (χ1n) is 4.48. The van der Waals surface area contributed by atoms with Gasteiger partial charge in [0.05, 0.1) is 0 Å². The number of hydrogen-bond acceptors (Lipinski definition) is 2. The Labute approximate surface area is 88.0 Å². The zero-order valence-electron chi connectivity index (χ0n) is 8.36. The van der Waals surface area contributed by atoms with Gasteiger partial charge in [-0.3, -0.25) is 9.59 Å². The summed E-state index contributed by atoms with van der Waals surface area (Å²) in [5, 5.41) is 4.99. The lowest BCUT2D eigenvalue weighted by molar-refractivity contribution is -0.117. The van der Waals surface area contributed by atoms with E-state index in [1.807, 2.05) is 18.2 Å². The van der Waals surface area contributed by atoms with Crippen molar-refractivity contribution in [3.63, 3.8) is 0 Å². The lowest BCUT2D eigenvalue weighted by Gasteiger charge is -2.00. The second-order valence-electron chi connectivity index (χ2n) is 2.80. The predicted octanol–water partition coefficient (Wildman–Crippen LogP) is 0.927. The molecule has 0 radical (unpaired) electrons. The lowest BCUT2D eigenvalue weighted by atomic mass is 10.3. The SMILES string of the molecule is CNC(=O)/C=C\C(=O)Nc1ccccc1. The van der Waals surface area contributed by atoms with Crippen molar-refractivity contribution >= 4 is 17.5 Å². The number of benzene rings is 1. The van der Waals surface area contributed by atoms with Crippen molar-refractivity contribution in [3.05, 3.63) is 42.5 Å². The molecule has 1 aromatic carbocycles. The molecule has 0 aromatic heterocycles. The first-order valence-corrected chi connectivity index (χ1v) is 4.48. The Morgan fingerprint density at radius 3 is 2.27 bits per heavy atom. The quantitative estimate of drug-likeness (QED) is 0.719. The van der Waals surface area contributed by atoms with E-state index in [1.54, 1.807) is 12.1 Å². The number of hydrogen-bond donors (Lipinski definition) is 2. The van der Waals surface area contributed by atoms with Gasteiger partial charge >= 0.3 is 0 Å². The van der Waals surface area contributed by atoms with Crippen LogP contribution in [0.5, 0.6) is 0 Å². The normalized spacial score (nSPS) is 9.93. The topological polar surface area (TPSA) is 58.2 Å². The fourth-order valence-corrected chi connectivity index (χ4v) is 0.940. The Hall–Kier alpha value is -2.10. The Kier molecular flexibility index (Phi) is 4.09. The van der Waals surface area contributed by atoms with Crippen LogP contribution in [0.25, 0.3) is 0 Å².